The first kappa shape index (κ1) is 17.8. The van der Waals surface area contributed by atoms with Gasteiger partial charge < -0.3 is 14.8 Å². The van der Waals surface area contributed by atoms with Crippen molar-refractivity contribution in [3.63, 3.8) is 0 Å². The molecule has 110 valence electrons. The SMILES string of the molecule is CCCCOCCN1CCOCC1.CCCNC. The molecule has 1 N–H and O–H groups in total. The minimum absolute atomic E-state index is 0.875. The van der Waals surface area contributed by atoms with Crippen molar-refractivity contribution in [1.82, 2.24) is 10.2 Å². The Bertz CT molecular complexity index is 149. The van der Waals surface area contributed by atoms with Crippen molar-refractivity contribution in [2.45, 2.75) is 33.1 Å². The molecule has 0 amide bonds. The predicted molar refractivity (Wildman–Crippen MR) is 77.2 cm³/mol. The first-order valence-corrected chi connectivity index (χ1v) is 7.37. The Morgan fingerprint density at radius 3 is 2.33 bits per heavy atom. The highest BCUT2D eigenvalue weighted by molar-refractivity contribution is 4.60. The highest BCUT2D eigenvalue weighted by atomic mass is 16.5. The average molecular weight is 260 g/mol. The van der Waals surface area contributed by atoms with E-state index in [1.165, 1.54) is 19.3 Å². The van der Waals surface area contributed by atoms with Gasteiger partial charge in [0.1, 0.15) is 0 Å². The summed E-state index contributed by atoms with van der Waals surface area (Å²) in [5.41, 5.74) is 0. The van der Waals surface area contributed by atoms with Gasteiger partial charge in [0.15, 0.2) is 0 Å². The summed E-state index contributed by atoms with van der Waals surface area (Å²) >= 11 is 0. The molecule has 1 aliphatic heterocycles. The standard InChI is InChI=1S/C10H21NO2.C4H11N/c1-2-3-7-12-8-4-11-5-9-13-10-6-11;1-3-4-5-2/h2-10H2,1H3;5H,3-4H2,1-2H3. The molecule has 0 aliphatic carbocycles. The second-order valence-corrected chi connectivity index (χ2v) is 4.52. The molecule has 0 spiro atoms. The van der Waals surface area contributed by atoms with Crippen LogP contribution >= 0.6 is 0 Å². The normalized spacial score (nSPS) is 16.2. The van der Waals surface area contributed by atoms with Gasteiger partial charge in [-0.3, -0.25) is 4.90 Å². The molecule has 0 bridgehead atoms. The molecule has 0 aromatic carbocycles. The maximum absolute atomic E-state index is 5.49. The first-order chi connectivity index (χ1) is 8.85. The van der Waals surface area contributed by atoms with Crippen LogP contribution in [-0.2, 0) is 9.47 Å². The molecule has 4 heteroatoms. The third-order valence-corrected chi connectivity index (χ3v) is 2.80. The van der Waals surface area contributed by atoms with Gasteiger partial charge in [-0.15, -0.1) is 0 Å². The van der Waals surface area contributed by atoms with Crippen LogP contribution in [0, 0.1) is 0 Å². The zero-order chi connectivity index (χ0) is 13.5. The lowest BCUT2D eigenvalue weighted by molar-refractivity contribution is 0.0201. The number of nitrogens with one attached hydrogen (secondary N) is 1. The van der Waals surface area contributed by atoms with Gasteiger partial charge in [0.05, 0.1) is 19.8 Å². The van der Waals surface area contributed by atoms with E-state index < -0.39 is 0 Å². The van der Waals surface area contributed by atoms with Crippen molar-refractivity contribution in [3.05, 3.63) is 0 Å². The molecule has 1 saturated heterocycles. The second-order valence-electron chi connectivity index (χ2n) is 4.52. The number of hydrogen-bond donors (Lipinski definition) is 1. The number of morpholine rings is 1. The fourth-order valence-corrected chi connectivity index (χ4v) is 1.62. The lowest BCUT2D eigenvalue weighted by Gasteiger charge is -2.26. The van der Waals surface area contributed by atoms with Gasteiger partial charge in [-0.1, -0.05) is 20.3 Å². The van der Waals surface area contributed by atoms with Gasteiger partial charge >= 0.3 is 0 Å². The molecular weight excluding hydrogens is 228 g/mol. The molecule has 0 aromatic rings. The summed E-state index contributed by atoms with van der Waals surface area (Å²) in [6.45, 7) is 12.2. The molecule has 0 aromatic heterocycles. The predicted octanol–water partition coefficient (Wildman–Crippen LogP) is 1.75. The third-order valence-electron chi connectivity index (χ3n) is 2.80. The number of nitrogens with zero attached hydrogens (tertiary/aromatic N) is 1. The summed E-state index contributed by atoms with van der Waals surface area (Å²) in [4.78, 5) is 2.40. The van der Waals surface area contributed by atoms with Gasteiger partial charge in [0.2, 0.25) is 0 Å². The number of hydrogen-bond acceptors (Lipinski definition) is 4. The monoisotopic (exact) mass is 260 g/mol. The van der Waals surface area contributed by atoms with Crippen LogP contribution in [0.1, 0.15) is 33.1 Å². The molecule has 4 nitrogen and oxygen atoms in total. The fourth-order valence-electron chi connectivity index (χ4n) is 1.62. The Morgan fingerprint density at radius 2 is 1.83 bits per heavy atom. The van der Waals surface area contributed by atoms with Crippen molar-refractivity contribution < 1.29 is 9.47 Å². The van der Waals surface area contributed by atoms with Gasteiger partial charge in [0, 0.05) is 26.2 Å². The highest BCUT2D eigenvalue weighted by Crippen LogP contribution is 1.96. The van der Waals surface area contributed by atoms with E-state index in [2.05, 4.69) is 24.1 Å². The van der Waals surface area contributed by atoms with Crippen LogP contribution in [0.15, 0.2) is 0 Å². The Hall–Kier alpha value is -0.160. The van der Waals surface area contributed by atoms with E-state index in [-0.39, 0.29) is 0 Å². The third kappa shape index (κ3) is 12.3. The maximum Gasteiger partial charge on any atom is 0.0594 e. The van der Waals surface area contributed by atoms with E-state index >= 15 is 0 Å². The molecule has 0 radical (unpaired) electrons. The molecule has 0 unspecified atom stereocenters. The Balaban J connectivity index is 0.000000494. The Morgan fingerprint density at radius 1 is 1.11 bits per heavy atom. The van der Waals surface area contributed by atoms with Gasteiger partial charge in [0.25, 0.3) is 0 Å². The smallest absolute Gasteiger partial charge is 0.0594 e. The zero-order valence-electron chi connectivity index (χ0n) is 12.5. The first-order valence-electron chi connectivity index (χ1n) is 7.37. The van der Waals surface area contributed by atoms with Crippen molar-refractivity contribution in [3.8, 4) is 0 Å². The van der Waals surface area contributed by atoms with Crippen LogP contribution in [0.25, 0.3) is 0 Å². The summed E-state index contributed by atoms with van der Waals surface area (Å²) in [5.74, 6) is 0. The Labute approximate surface area is 113 Å². The van der Waals surface area contributed by atoms with E-state index in [0.29, 0.717) is 0 Å². The van der Waals surface area contributed by atoms with Crippen molar-refractivity contribution >= 4 is 0 Å². The summed E-state index contributed by atoms with van der Waals surface area (Å²) in [6, 6.07) is 0. The number of ether oxygens (including phenoxy) is 2. The van der Waals surface area contributed by atoms with Crippen LogP contribution in [0.5, 0.6) is 0 Å². The summed E-state index contributed by atoms with van der Waals surface area (Å²) < 4.78 is 10.8. The molecule has 1 fully saturated rings. The molecule has 0 atom stereocenters. The quantitative estimate of drug-likeness (QED) is 0.674. The molecule has 1 rings (SSSR count). The molecular formula is C14H32N2O2. The van der Waals surface area contributed by atoms with Crippen LogP contribution in [0.2, 0.25) is 0 Å². The van der Waals surface area contributed by atoms with Crippen LogP contribution in [0.4, 0.5) is 0 Å². The average Bonchev–Trinajstić information content (AvgIpc) is 2.41. The topological polar surface area (TPSA) is 33.7 Å². The molecule has 1 aliphatic rings. The lowest BCUT2D eigenvalue weighted by Crippen LogP contribution is -2.38. The van der Waals surface area contributed by atoms with E-state index in [9.17, 15) is 0 Å². The van der Waals surface area contributed by atoms with Crippen molar-refractivity contribution in [2.75, 3.05) is 59.7 Å². The van der Waals surface area contributed by atoms with E-state index in [1.54, 1.807) is 0 Å². The molecule has 1 heterocycles. The van der Waals surface area contributed by atoms with E-state index in [1.807, 2.05) is 7.05 Å². The number of unbranched alkanes of at least 4 members (excludes halogenated alkanes) is 1. The molecule has 18 heavy (non-hydrogen) atoms. The van der Waals surface area contributed by atoms with Crippen molar-refractivity contribution in [2.24, 2.45) is 0 Å². The minimum atomic E-state index is 0.875. The lowest BCUT2D eigenvalue weighted by atomic mass is 10.4. The summed E-state index contributed by atoms with van der Waals surface area (Å²) in [6.07, 6.45) is 3.64. The summed E-state index contributed by atoms with van der Waals surface area (Å²) in [7, 11) is 1.96. The molecule has 0 saturated carbocycles. The van der Waals surface area contributed by atoms with Crippen LogP contribution < -0.4 is 5.32 Å². The maximum atomic E-state index is 5.49. The number of rotatable bonds is 8. The summed E-state index contributed by atoms with van der Waals surface area (Å²) in [5, 5.41) is 3.02. The van der Waals surface area contributed by atoms with Crippen molar-refractivity contribution in [1.29, 1.82) is 0 Å². The minimum Gasteiger partial charge on any atom is -0.380 e. The fraction of sp³-hybridized carbons (Fsp3) is 1.00. The van der Waals surface area contributed by atoms with E-state index in [4.69, 9.17) is 9.47 Å². The van der Waals surface area contributed by atoms with Crippen LogP contribution in [-0.4, -0.2) is 64.6 Å². The van der Waals surface area contributed by atoms with Gasteiger partial charge in [-0.25, -0.2) is 0 Å². The zero-order valence-corrected chi connectivity index (χ0v) is 12.5. The van der Waals surface area contributed by atoms with Gasteiger partial charge in [-0.2, -0.15) is 0 Å². The van der Waals surface area contributed by atoms with Gasteiger partial charge in [-0.05, 0) is 26.4 Å². The Kier molecular flexibility index (Phi) is 14.8. The second kappa shape index (κ2) is 14.9. The van der Waals surface area contributed by atoms with Crippen LogP contribution in [0.3, 0.4) is 0 Å². The largest absolute Gasteiger partial charge is 0.380 e. The highest BCUT2D eigenvalue weighted by Gasteiger charge is 2.08. The van der Waals surface area contributed by atoms with E-state index in [0.717, 1.165) is 52.6 Å².